The molecule has 0 aliphatic rings. The number of H-pyrrole nitrogens is 1. The Hall–Kier alpha value is -0.990. The average molecular weight is 434 g/mol. The Morgan fingerprint density at radius 2 is 2.05 bits per heavy atom. The number of rotatable bonds is 5. The fourth-order valence-electron chi connectivity index (χ4n) is 1.73. The van der Waals surface area contributed by atoms with Crippen LogP contribution in [0, 0.1) is 4.77 Å². The van der Waals surface area contributed by atoms with E-state index in [0.717, 1.165) is 32.5 Å². The molecule has 0 saturated carbocycles. The van der Waals surface area contributed by atoms with Crippen LogP contribution in [0.4, 0.5) is 0 Å². The largest absolute Gasteiger partial charge is 0.492 e. The molecule has 1 aromatic heterocycles. The molecule has 1 heterocycles. The van der Waals surface area contributed by atoms with Crippen molar-refractivity contribution in [2.45, 2.75) is 20.3 Å². The van der Waals surface area contributed by atoms with Gasteiger partial charge in [-0.05, 0) is 68.7 Å². The molecule has 1 N–H and O–H groups in total. The van der Waals surface area contributed by atoms with Gasteiger partial charge in [-0.3, -0.25) is 5.10 Å². The number of ether oxygens (including phenoxy) is 1. The molecule has 0 atom stereocenters. The second-order valence-electron chi connectivity index (χ2n) is 4.10. The van der Waals surface area contributed by atoms with E-state index in [1.165, 1.54) is 0 Å². The minimum atomic E-state index is 0.479. The van der Waals surface area contributed by atoms with Crippen LogP contribution >= 0.6 is 44.1 Å². The van der Waals surface area contributed by atoms with Crippen molar-refractivity contribution in [3.05, 3.63) is 37.2 Å². The number of benzene rings is 1. The normalized spacial score (nSPS) is 11.2. The maximum absolute atomic E-state index is 5.55. The molecule has 5 nitrogen and oxygen atoms in total. The number of aryl methyl sites for hydroxylation is 1. The summed E-state index contributed by atoms with van der Waals surface area (Å²) in [4.78, 5) is 0. The summed E-state index contributed by atoms with van der Waals surface area (Å²) in [5.41, 5.74) is 0.919. The number of hydrogen-bond donors (Lipinski definition) is 1. The van der Waals surface area contributed by atoms with Crippen LogP contribution in [0.2, 0.25) is 0 Å². The van der Waals surface area contributed by atoms with Gasteiger partial charge in [0.2, 0.25) is 4.77 Å². The fourth-order valence-corrected chi connectivity index (χ4v) is 3.38. The number of nitrogens with one attached hydrogen (secondary N) is 1. The number of aromatic amines is 1. The van der Waals surface area contributed by atoms with Crippen molar-refractivity contribution in [2.75, 3.05) is 6.61 Å². The molecule has 112 valence electrons. The average Bonchev–Trinajstić information content (AvgIpc) is 2.81. The Labute approximate surface area is 144 Å². The van der Waals surface area contributed by atoms with Gasteiger partial charge in [0, 0.05) is 6.42 Å². The summed E-state index contributed by atoms with van der Waals surface area (Å²) in [6, 6.07) is 3.88. The smallest absolute Gasteiger partial charge is 0.216 e. The Balaban J connectivity index is 2.33. The van der Waals surface area contributed by atoms with Crippen molar-refractivity contribution >= 4 is 50.3 Å². The molecule has 0 radical (unpaired) electrons. The lowest BCUT2D eigenvalue weighted by Gasteiger charge is -2.09. The quantitative estimate of drug-likeness (QED) is 0.564. The van der Waals surface area contributed by atoms with Crippen LogP contribution in [0.3, 0.4) is 0 Å². The summed E-state index contributed by atoms with van der Waals surface area (Å²) in [5.74, 6) is 1.57. The van der Waals surface area contributed by atoms with E-state index in [1.807, 2.05) is 26.0 Å². The zero-order valence-electron chi connectivity index (χ0n) is 11.6. The maximum atomic E-state index is 5.55. The predicted molar refractivity (Wildman–Crippen MR) is 92.8 cm³/mol. The van der Waals surface area contributed by atoms with Gasteiger partial charge < -0.3 is 4.74 Å². The Bertz CT molecular complexity index is 700. The van der Waals surface area contributed by atoms with Crippen LogP contribution in [0.1, 0.15) is 25.2 Å². The molecule has 0 unspecified atom stereocenters. The zero-order valence-corrected chi connectivity index (χ0v) is 15.5. The van der Waals surface area contributed by atoms with Gasteiger partial charge in [0.15, 0.2) is 5.82 Å². The van der Waals surface area contributed by atoms with Crippen LogP contribution < -0.4 is 4.74 Å². The predicted octanol–water partition coefficient (Wildman–Crippen LogP) is 4.31. The molecule has 0 bridgehead atoms. The zero-order chi connectivity index (χ0) is 15.4. The van der Waals surface area contributed by atoms with E-state index in [-0.39, 0.29) is 0 Å². The molecule has 0 spiro atoms. The number of hydrogen-bond acceptors (Lipinski definition) is 4. The first-order valence-electron chi connectivity index (χ1n) is 6.39. The minimum Gasteiger partial charge on any atom is -0.492 e. The third kappa shape index (κ3) is 3.81. The maximum Gasteiger partial charge on any atom is 0.216 e. The molecule has 21 heavy (non-hydrogen) atoms. The van der Waals surface area contributed by atoms with Crippen molar-refractivity contribution in [3.63, 3.8) is 0 Å². The Morgan fingerprint density at radius 3 is 2.62 bits per heavy atom. The number of aromatic nitrogens is 3. The minimum absolute atomic E-state index is 0.479. The van der Waals surface area contributed by atoms with Crippen molar-refractivity contribution < 1.29 is 4.74 Å². The van der Waals surface area contributed by atoms with Gasteiger partial charge in [0.25, 0.3) is 0 Å². The monoisotopic (exact) mass is 432 g/mol. The van der Waals surface area contributed by atoms with E-state index in [2.05, 4.69) is 47.2 Å². The Kier molecular flexibility index (Phi) is 5.72. The molecule has 0 aliphatic carbocycles. The summed E-state index contributed by atoms with van der Waals surface area (Å²) in [7, 11) is 0. The molecule has 0 fully saturated rings. The highest BCUT2D eigenvalue weighted by atomic mass is 79.9. The van der Waals surface area contributed by atoms with Gasteiger partial charge in [0.05, 0.1) is 21.8 Å². The summed E-state index contributed by atoms with van der Waals surface area (Å²) in [6.07, 6.45) is 2.48. The van der Waals surface area contributed by atoms with Crippen LogP contribution in [0.15, 0.2) is 26.2 Å². The van der Waals surface area contributed by atoms with Crippen LogP contribution in [0.25, 0.3) is 0 Å². The van der Waals surface area contributed by atoms with Crippen molar-refractivity contribution in [1.29, 1.82) is 0 Å². The molecular weight excluding hydrogens is 420 g/mol. The van der Waals surface area contributed by atoms with Gasteiger partial charge in [0.1, 0.15) is 5.75 Å². The number of nitrogens with zero attached hydrogens (tertiary/aromatic N) is 3. The summed E-state index contributed by atoms with van der Waals surface area (Å²) in [6.45, 7) is 4.55. The molecular formula is C13H14Br2N4OS. The summed E-state index contributed by atoms with van der Waals surface area (Å²) < 4.78 is 9.39. The van der Waals surface area contributed by atoms with Crippen molar-refractivity contribution in [2.24, 2.45) is 5.10 Å². The standard InChI is InChI=1S/C13H14Br2N4OS/c1-3-11-17-18-13(21)19(11)16-7-8-5-9(14)12(20-4-2)10(15)6-8/h5-7H,3-4H2,1-2H3,(H,18,21)/b16-7-. The highest BCUT2D eigenvalue weighted by Crippen LogP contribution is 2.34. The molecule has 2 aromatic rings. The highest BCUT2D eigenvalue weighted by Gasteiger charge is 2.08. The third-order valence-corrected chi connectivity index (χ3v) is 4.11. The highest BCUT2D eigenvalue weighted by molar-refractivity contribution is 9.11. The van der Waals surface area contributed by atoms with Crippen molar-refractivity contribution in [3.8, 4) is 5.75 Å². The van der Waals surface area contributed by atoms with Crippen molar-refractivity contribution in [1.82, 2.24) is 14.9 Å². The van der Waals surface area contributed by atoms with E-state index in [9.17, 15) is 0 Å². The second kappa shape index (κ2) is 7.33. The van der Waals surface area contributed by atoms with E-state index in [1.54, 1.807) is 10.9 Å². The van der Waals surface area contributed by atoms with Gasteiger partial charge >= 0.3 is 0 Å². The van der Waals surface area contributed by atoms with E-state index in [4.69, 9.17) is 17.0 Å². The molecule has 2 rings (SSSR count). The van der Waals surface area contributed by atoms with Gasteiger partial charge in [-0.15, -0.1) is 0 Å². The first-order valence-corrected chi connectivity index (χ1v) is 8.38. The molecule has 0 saturated heterocycles. The summed E-state index contributed by atoms with van der Waals surface area (Å²) in [5, 5.41) is 11.2. The SMILES string of the molecule is CCOc1c(Br)cc(/C=N\n2c(CC)n[nH]c2=S)cc1Br. The lowest BCUT2D eigenvalue weighted by molar-refractivity contribution is 0.336. The first-order chi connectivity index (χ1) is 10.1. The molecule has 0 amide bonds. The summed E-state index contributed by atoms with van der Waals surface area (Å²) >= 11 is 12.1. The second-order valence-corrected chi connectivity index (χ2v) is 6.20. The lowest BCUT2D eigenvalue weighted by atomic mass is 10.2. The van der Waals surface area contributed by atoms with Crippen LogP contribution in [-0.4, -0.2) is 27.7 Å². The van der Waals surface area contributed by atoms with Crippen LogP contribution in [-0.2, 0) is 6.42 Å². The number of halogens is 2. The molecule has 8 heteroatoms. The third-order valence-electron chi connectivity index (χ3n) is 2.67. The molecule has 0 aliphatic heterocycles. The van der Waals surface area contributed by atoms with Gasteiger partial charge in [-0.1, -0.05) is 6.92 Å². The van der Waals surface area contributed by atoms with E-state index >= 15 is 0 Å². The fraction of sp³-hybridized carbons (Fsp3) is 0.308. The van der Waals surface area contributed by atoms with Gasteiger partial charge in [-0.2, -0.15) is 14.9 Å². The first kappa shape index (κ1) is 16.4. The van der Waals surface area contributed by atoms with Crippen LogP contribution in [0.5, 0.6) is 5.75 Å². The van der Waals surface area contributed by atoms with E-state index in [0.29, 0.717) is 11.4 Å². The topological polar surface area (TPSA) is 55.2 Å². The Morgan fingerprint density at radius 1 is 1.38 bits per heavy atom. The van der Waals surface area contributed by atoms with E-state index < -0.39 is 0 Å². The lowest BCUT2D eigenvalue weighted by Crippen LogP contribution is -1.98. The van der Waals surface area contributed by atoms with Gasteiger partial charge in [-0.25, -0.2) is 0 Å². The molecule has 1 aromatic carbocycles.